The number of fused-ring (bicyclic) bond motifs is 2. The zero-order valence-corrected chi connectivity index (χ0v) is 11.9. The van der Waals surface area contributed by atoms with Gasteiger partial charge < -0.3 is 4.74 Å². The second-order valence-electron chi connectivity index (χ2n) is 5.30. The van der Waals surface area contributed by atoms with E-state index in [9.17, 15) is 4.79 Å². The highest BCUT2D eigenvalue weighted by molar-refractivity contribution is 5.84. The Hall–Kier alpha value is -1.87. The average Bonchev–Trinajstić information content (AvgIpc) is 2.86. The van der Waals surface area contributed by atoms with Crippen molar-refractivity contribution in [2.75, 3.05) is 6.61 Å². The smallest absolute Gasteiger partial charge is 0.323 e. The molecule has 1 aliphatic rings. The van der Waals surface area contributed by atoms with Gasteiger partial charge in [-0.3, -0.25) is 9.69 Å². The van der Waals surface area contributed by atoms with Gasteiger partial charge in [-0.2, -0.15) is 0 Å². The zero-order chi connectivity index (χ0) is 14.1. The van der Waals surface area contributed by atoms with Crippen LogP contribution in [0.3, 0.4) is 0 Å². The van der Waals surface area contributed by atoms with E-state index < -0.39 is 0 Å². The molecular formula is C17H19NO2. The topological polar surface area (TPSA) is 29.5 Å². The van der Waals surface area contributed by atoms with E-state index in [0.29, 0.717) is 6.61 Å². The van der Waals surface area contributed by atoms with Gasteiger partial charge in [0, 0.05) is 13.1 Å². The highest BCUT2D eigenvalue weighted by Gasteiger charge is 2.28. The van der Waals surface area contributed by atoms with E-state index in [4.69, 9.17) is 4.74 Å². The number of hydrogen-bond acceptors (Lipinski definition) is 3. The molecule has 0 amide bonds. The third-order valence-corrected chi connectivity index (χ3v) is 3.99. The van der Waals surface area contributed by atoms with E-state index in [-0.39, 0.29) is 12.0 Å². The van der Waals surface area contributed by atoms with E-state index in [0.717, 1.165) is 13.1 Å². The normalized spacial score (nSPS) is 16.1. The van der Waals surface area contributed by atoms with Crippen LogP contribution in [0.4, 0.5) is 0 Å². The lowest BCUT2D eigenvalue weighted by Gasteiger charge is -2.21. The minimum Gasteiger partial charge on any atom is -0.465 e. The predicted molar refractivity (Wildman–Crippen MR) is 79.3 cm³/mol. The summed E-state index contributed by atoms with van der Waals surface area (Å²) in [6.07, 6.45) is 0. The van der Waals surface area contributed by atoms with Crippen molar-refractivity contribution in [2.24, 2.45) is 0 Å². The summed E-state index contributed by atoms with van der Waals surface area (Å²) in [6, 6.07) is 12.7. The second-order valence-corrected chi connectivity index (χ2v) is 5.30. The molecule has 0 aromatic heterocycles. The predicted octanol–water partition coefficient (Wildman–Crippen LogP) is 3.11. The molecule has 3 nitrogen and oxygen atoms in total. The molecule has 2 aromatic carbocycles. The molecule has 0 spiro atoms. The van der Waals surface area contributed by atoms with Crippen molar-refractivity contribution in [3.8, 4) is 0 Å². The van der Waals surface area contributed by atoms with Crippen LogP contribution < -0.4 is 0 Å². The molecule has 0 unspecified atom stereocenters. The van der Waals surface area contributed by atoms with Crippen LogP contribution in [0.1, 0.15) is 25.0 Å². The van der Waals surface area contributed by atoms with E-state index >= 15 is 0 Å². The summed E-state index contributed by atoms with van der Waals surface area (Å²) in [5, 5.41) is 2.52. The second kappa shape index (κ2) is 5.25. The Morgan fingerprint density at radius 2 is 1.75 bits per heavy atom. The molecule has 0 saturated carbocycles. The van der Waals surface area contributed by atoms with Gasteiger partial charge in [0.15, 0.2) is 0 Å². The first-order valence-electron chi connectivity index (χ1n) is 7.10. The van der Waals surface area contributed by atoms with Crippen molar-refractivity contribution in [3.05, 3.63) is 47.5 Å². The first kappa shape index (κ1) is 13.1. The Balaban J connectivity index is 1.85. The summed E-state index contributed by atoms with van der Waals surface area (Å²) in [5.41, 5.74) is 2.64. The molecule has 104 valence electrons. The average molecular weight is 269 g/mol. The third kappa shape index (κ3) is 2.29. The van der Waals surface area contributed by atoms with Crippen LogP contribution in [0.15, 0.2) is 36.4 Å². The van der Waals surface area contributed by atoms with Gasteiger partial charge in [0.2, 0.25) is 0 Å². The summed E-state index contributed by atoms with van der Waals surface area (Å²) in [6.45, 7) is 5.84. The Kier molecular flexibility index (Phi) is 3.45. The Morgan fingerprint density at radius 3 is 2.25 bits per heavy atom. The Labute approximate surface area is 119 Å². The van der Waals surface area contributed by atoms with Crippen molar-refractivity contribution in [1.29, 1.82) is 0 Å². The van der Waals surface area contributed by atoms with E-state index in [1.807, 2.05) is 13.8 Å². The Morgan fingerprint density at radius 1 is 1.20 bits per heavy atom. The van der Waals surface area contributed by atoms with E-state index in [2.05, 4.69) is 41.3 Å². The van der Waals surface area contributed by atoms with Gasteiger partial charge in [-0.25, -0.2) is 0 Å². The fraction of sp³-hybridized carbons (Fsp3) is 0.353. The van der Waals surface area contributed by atoms with Gasteiger partial charge in [-0.15, -0.1) is 0 Å². The van der Waals surface area contributed by atoms with Gasteiger partial charge in [0.25, 0.3) is 0 Å². The van der Waals surface area contributed by atoms with Crippen molar-refractivity contribution >= 4 is 16.7 Å². The largest absolute Gasteiger partial charge is 0.465 e. The molecule has 0 radical (unpaired) electrons. The molecule has 2 aromatic rings. The molecule has 0 N–H and O–H groups in total. The monoisotopic (exact) mass is 269 g/mol. The fourth-order valence-electron chi connectivity index (χ4n) is 2.81. The molecule has 0 bridgehead atoms. The maximum Gasteiger partial charge on any atom is 0.323 e. The Bertz CT molecular complexity index is 606. The quantitative estimate of drug-likeness (QED) is 0.802. The molecule has 1 atom stereocenters. The summed E-state index contributed by atoms with van der Waals surface area (Å²) in [5.74, 6) is -0.134. The van der Waals surface area contributed by atoms with Gasteiger partial charge in [-0.05, 0) is 47.9 Å². The zero-order valence-electron chi connectivity index (χ0n) is 11.9. The van der Waals surface area contributed by atoms with Crippen LogP contribution in [0.2, 0.25) is 0 Å². The van der Waals surface area contributed by atoms with Crippen LogP contribution in [0.5, 0.6) is 0 Å². The molecule has 3 rings (SSSR count). The summed E-state index contributed by atoms with van der Waals surface area (Å²) >= 11 is 0. The van der Waals surface area contributed by atoms with E-state index in [1.165, 1.54) is 21.9 Å². The van der Waals surface area contributed by atoms with Crippen molar-refractivity contribution in [2.45, 2.75) is 33.0 Å². The molecule has 20 heavy (non-hydrogen) atoms. The molecule has 1 heterocycles. The van der Waals surface area contributed by atoms with Gasteiger partial charge >= 0.3 is 5.97 Å². The number of ether oxygens (including phenoxy) is 1. The first-order chi connectivity index (χ1) is 9.69. The number of carbonyl (C=O) groups is 1. The maximum absolute atomic E-state index is 11.9. The summed E-state index contributed by atoms with van der Waals surface area (Å²) in [4.78, 5) is 14.0. The van der Waals surface area contributed by atoms with Gasteiger partial charge in [0.1, 0.15) is 6.04 Å². The SMILES string of the molecule is CCOC(=O)[C@H](C)N1Cc2cc3ccccc3cc2C1. The van der Waals surface area contributed by atoms with Crippen molar-refractivity contribution in [1.82, 2.24) is 4.90 Å². The van der Waals surface area contributed by atoms with Crippen LogP contribution in [-0.2, 0) is 22.6 Å². The molecule has 0 saturated heterocycles. The van der Waals surface area contributed by atoms with Crippen molar-refractivity contribution in [3.63, 3.8) is 0 Å². The minimum atomic E-state index is -0.189. The molecule has 0 aliphatic carbocycles. The highest BCUT2D eigenvalue weighted by Crippen LogP contribution is 2.29. The van der Waals surface area contributed by atoms with Gasteiger partial charge in [-0.1, -0.05) is 24.3 Å². The summed E-state index contributed by atoms with van der Waals surface area (Å²) in [7, 11) is 0. The number of hydrogen-bond donors (Lipinski definition) is 0. The number of nitrogens with zero attached hydrogens (tertiary/aromatic N) is 1. The minimum absolute atomic E-state index is 0.134. The molecule has 1 aliphatic heterocycles. The number of carbonyl (C=O) groups excluding carboxylic acids is 1. The molecule has 3 heteroatoms. The van der Waals surface area contributed by atoms with Gasteiger partial charge in [0.05, 0.1) is 6.61 Å². The third-order valence-electron chi connectivity index (χ3n) is 3.99. The fourth-order valence-corrected chi connectivity index (χ4v) is 2.81. The summed E-state index contributed by atoms with van der Waals surface area (Å²) < 4.78 is 5.11. The number of rotatable bonds is 3. The molecular weight excluding hydrogens is 250 g/mol. The van der Waals surface area contributed by atoms with Crippen LogP contribution in [0, 0.1) is 0 Å². The van der Waals surface area contributed by atoms with E-state index in [1.54, 1.807) is 0 Å². The maximum atomic E-state index is 11.9. The lowest BCUT2D eigenvalue weighted by atomic mass is 10.0. The van der Waals surface area contributed by atoms with Crippen LogP contribution >= 0.6 is 0 Å². The highest BCUT2D eigenvalue weighted by atomic mass is 16.5. The van der Waals surface area contributed by atoms with Crippen molar-refractivity contribution < 1.29 is 9.53 Å². The number of esters is 1. The number of benzene rings is 2. The lowest BCUT2D eigenvalue weighted by Crippen LogP contribution is -2.36. The molecule has 0 fully saturated rings. The first-order valence-corrected chi connectivity index (χ1v) is 7.10. The lowest BCUT2D eigenvalue weighted by molar-refractivity contribution is -0.149. The standard InChI is InChI=1S/C17H19NO2/c1-3-20-17(19)12(2)18-10-15-8-13-6-4-5-7-14(13)9-16(15)11-18/h4-9,12H,3,10-11H2,1-2H3/t12-/m0/s1. The van der Waals surface area contributed by atoms with Crippen LogP contribution in [-0.4, -0.2) is 23.5 Å². The van der Waals surface area contributed by atoms with Crippen LogP contribution in [0.25, 0.3) is 10.8 Å².